The molecular weight excluding hydrogens is 522 g/mol. The molecule has 0 atom stereocenters. The van der Waals surface area contributed by atoms with Crippen LogP contribution in [0.25, 0.3) is 0 Å². The number of nitrogens with one attached hydrogen (secondary N) is 2. The third-order valence-electron chi connectivity index (χ3n) is 4.34. The molecule has 0 aliphatic carbocycles. The molecule has 200 valence electrons. The van der Waals surface area contributed by atoms with E-state index in [-0.39, 0.29) is 63.0 Å². The van der Waals surface area contributed by atoms with E-state index in [4.69, 9.17) is 0 Å². The van der Waals surface area contributed by atoms with Crippen molar-refractivity contribution in [2.24, 2.45) is 0 Å². The number of ketones is 1. The Balaban J connectivity index is 0.000000518. The summed E-state index contributed by atoms with van der Waals surface area (Å²) in [6.45, 7) is 6.64. The minimum atomic E-state index is -0.280. The summed E-state index contributed by atoms with van der Waals surface area (Å²) in [6.07, 6.45) is 9.45. The first-order chi connectivity index (χ1) is 17.3. The number of carbonyl (C=O) groups is 3. The molecule has 0 fully saturated rings. The van der Waals surface area contributed by atoms with Gasteiger partial charge >= 0.3 is 0 Å². The Kier molecular flexibility index (Phi) is 16.3. The van der Waals surface area contributed by atoms with Crippen LogP contribution in [0.2, 0.25) is 0 Å². The molecule has 11 nitrogen and oxygen atoms in total. The van der Waals surface area contributed by atoms with Gasteiger partial charge in [0.05, 0.1) is 35.3 Å². The fourth-order valence-corrected chi connectivity index (χ4v) is 2.65. The second-order valence-electron chi connectivity index (χ2n) is 7.07. The second-order valence-corrected chi connectivity index (χ2v) is 7.07. The van der Waals surface area contributed by atoms with E-state index in [1.54, 1.807) is 0 Å². The number of pyridine rings is 3. The van der Waals surface area contributed by atoms with Gasteiger partial charge in [-0.1, -0.05) is 6.92 Å². The number of aromatic nitrogens is 3. The maximum Gasteiger partial charge on any atom is 0.255 e. The largest absolute Gasteiger partial charge is 0.506 e. The SMILES string of the molecule is CCCC(=O)c1ccncc1O.CCNC(=O)c1ccncc1O.CCNC(=O)c1ccncc1O.[Fe]. The van der Waals surface area contributed by atoms with Crippen LogP contribution < -0.4 is 10.6 Å². The Labute approximate surface area is 225 Å². The zero-order valence-electron chi connectivity index (χ0n) is 20.8. The molecule has 0 spiro atoms. The molecular formula is C25H31FeN5O6. The van der Waals surface area contributed by atoms with Crippen molar-refractivity contribution in [3.05, 3.63) is 72.1 Å². The van der Waals surface area contributed by atoms with Gasteiger partial charge in [-0.05, 0) is 38.5 Å². The number of carbonyl (C=O) groups excluding carboxylic acids is 3. The van der Waals surface area contributed by atoms with Crippen molar-refractivity contribution in [3.8, 4) is 17.2 Å². The Bertz CT molecular complexity index is 1000. The molecule has 2 amide bonds. The Morgan fingerprint density at radius 1 is 0.676 bits per heavy atom. The maximum absolute atomic E-state index is 11.3. The Morgan fingerprint density at radius 3 is 1.32 bits per heavy atom. The molecule has 0 aromatic carbocycles. The molecule has 3 aromatic rings. The number of hydrogen-bond donors (Lipinski definition) is 5. The molecule has 0 aliphatic rings. The molecule has 37 heavy (non-hydrogen) atoms. The van der Waals surface area contributed by atoms with Crippen molar-refractivity contribution in [1.29, 1.82) is 0 Å². The number of Topliss-reactive ketones (excluding diaryl/α,β-unsaturated/α-hetero) is 1. The summed E-state index contributed by atoms with van der Waals surface area (Å²) in [5, 5.41) is 32.7. The van der Waals surface area contributed by atoms with Gasteiger partial charge < -0.3 is 26.0 Å². The van der Waals surface area contributed by atoms with E-state index in [1.165, 1.54) is 55.4 Å². The van der Waals surface area contributed by atoms with Crippen LogP contribution in [0.1, 0.15) is 64.7 Å². The first kappa shape index (κ1) is 33.0. The molecule has 0 saturated carbocycles. The van der Waals surface area contributed by atoms with E-state index in [0.29, 0.717) is 25.1 Å². The monoisotopic (exact) mass is 553 g/mol. The third-order valence-corrected chi connectivity index (χ3v) is 4.34. The van der Waals surface area contributed by atoms with Gasteiger partial charge in [-0.2, -0.15) is 0 Å². The van der Waals surface area contributed by atoms with E-state index < -0.39 is 0 Å². The topological polar surface area (TPSA) is 175 Å². The normalized spacial score (nSPS) is 9.27. The van der Waals surface area contributed by atoms with Crippen LogP contribution >= 0.6 is 0 Å². The number of hydrogen-bond acceptors (Lipinski definition) is 9. The number of amides is 2. The minimum Gasteiger partial charge on any atom is -0.506 e. The third kappa shape index (κ3) is 11.5. The average Bonchev–Trinajstić information content (AvgIpc) is 2.86. The predicted molar refractivity (Wildman–Crippen MR) is 133 cm³/mol. The minimum absolute atomic E-state index is 0. The molecule has 3 heterocycles. The maximum atomic E-state index is 11.3. The Morgan fingerprint density at radius 2 is 1.03 bits per heavy atom. The van der Waals surface area contributed by atoms with Gasteiger partial charge in [0.2, 0.25) is 0 Å². The molecule has 0 saturated heterocycles. The summed E-state index contributed by atoms with van der Waals surface area (Å²) in [5.74, 6) is -0.810. The number of nitrogens with zero attached hydrogens (tertiary/aromatic N) is 3. The summed E-state index contributed by atoms with van der Waals surface area (Å²) in [6, 6.07) is 4.48. The quantitative estimate of drug-likeness (QED) is 0.218. The van der Waals surface area contributed by atoms with Crippen LogP contribution in [0.5, 0.6) is 17.2 Å². The molecule has 3 rings (SSSR count). The van der Waals surface area contributed by atoms with Crippen LogP contribution in [0.4, 0.5) is 0 Å². The molecule has 0 radical (unpaired) electrons. The van der Waals surface area contributed by atoms with Gasteiger partial charge in [-0.15, -0.1) is 0 Å². The van der Waals surface area contributed by atoms with Gasteiger partial charge in [0.25, 0.3) is 11.8 Å². The van der Waals surface area contributed by atoms with Gasteiger partial charge in [0.1, 0.15) is 17.2 Å². The standard InChI is InChI=1S/C9H11NO2.2C8H10N2O2.Fe/c1-2-3-8(11)7-4-5-10-6-9(7)12;2*1-2-10-8(12)6-3-4-9-5-7(6)11;/h4-6,12H,2-3H2,1H3;2*3-5,11H,2H2,1H3,(H,10,12);. The van der Waals surface area contributed by atoms with Crippen LogP contribution in [0.15, 0.2) is 55.4 Å². The fraction of sp³-hybridized carbons (Fsp3) is 0.280. The van der Waals surface area contributed by atoms with Gasteiger partial charge in [-0.25, -0.2) is 0 Å². The summed E-state index contributed by atoms with van der Waals surface area (Å²) in [7, 11) is 0. The molecule has 12 heteroatoms. The van der Waals surface area contributed by atoms with Crippen LogP contribution in [0, 0.1) is 0 Å². The van der Waals surface area contributed by atoms with E-state index >= 15 is 0 Å². The van der Waals surface area contributed by atoms with Crippen molar-refractivity contribution in [2.75, 3.05) is 13.1 Å². The second kappa shape index (κ2) is 18.3. The predicted octanol–water partition coefficient (Wildman–Crippen LogP) is 2.84. The molecule has 0 aliphatic heterocycles. The van der Waals surface area contributed by atoms with Crippen molar-refractivity contribution < 1.29 is 46.8 Å². The summed E-state index contributed by atoms with van der Waals surface area (Å²) in [4.78, 5) is 44.6. The zero-order chi connectivity index (χ0) is 26.9. The first-order valence-electron chi connectivity index (χ1n) is 11.2. The molecule has 5 N–H and O–H groups in total. The Hall–Kier alpha value is -4.02. The van der Waals surface area contributed by atoms with Gasteiger partial charge in [0.15, 0.2) is 5.78 Å². The first-order valence-corrected chi connectivity index (χ1v) is 11.2. The van der Waals surface area contributed by atoms with E-state index in [2.05, 4.69) is 25.6 Å². The molecule has 3 aromatic heterocycles. The van der Waals surface area contributed by atoms with E-state index in [0.717, 1.165) is 6.42 Å². The smallest absolute Gasteiger partial charge is 0.255 e. The average molecular weight is 553 g/mol. The van der Waals surface area contributed by atoms with Gasteiger partial charge in [-0.3, -0.25) is 29.3 Å². The van der Waals surface area contributed by atoms with Crippen LogP contribution in [0.3, 0.4) is 0 Å². The van der Waals surface area contributed by atoms with Crippen LogP contribution in [-0.2, 0) is 17.1 Å². The van der Waals surface area contributed by atoms with Crippen molar-refractivity contribution in [2.45, 2.75) is 33.6 Å². The molecule has 0 bridgehead atoms. The summed E-state index contributed by atoms with van der Waals surface area (Å²) < 4.78 is 0. The summed E-state index contributed by atoms with van der Waals surface area (Å²) >= 11 is 0. The van der Waals surface area contributed by atoms with Gasteiger partial charge in [0, 0.05) is 55.2 Å². The van der Waals surface area contributed by atoms with E-state index in [1.807, 2.05) is 20.8 Å². The fourth-order valence-electron chi connectivity index (χ4n) is 2.65. The van der Waals surface area contributed by atoms with Crippen molar-refractivity contribution in [1.82, 2.24) is 25.6 Å². The zero-order valence-corrected chi connectivity index (χ0v) is 21.9. The summed E-state index contributed by atoms with van der Waals surface area (Å²) in [5.41, 5.74) is 0.880. The molecule has 0 unspecified atom stereocenters. The number of aromatic hydroxyl groups is 3. The van der Waals surface area contributed by atoms with Crippen molar-refractivity contribution in [3.63, 3.8) is 0 Å². The van der Waals surface area contributed by atoms with E-state index in [9.17, 15) is 29.7 Å². The van der Waals surface area contributed by atoms with Crippen molar-refractivity contribution >= 4 is 17.6 Å². The van der Waals surface area contributed by atoms with Crippen LogP contribution in [-0.4, -0.2) is 61.0 Å². The number of rotatable bonds is 7.